The van der Waals surface area contributed by atoms with Crippen molar-refractivity contribution < 1.29 is 14.3 Å². The Labute approximate surface area is 191 Å². The molecule has 4 heteroatoms. The van der Waals surface area contributed by atoms with E-state index in [1.165, 1.54) is 0 Å². The summed E-state index contributed by atoms with van der Waals surface area (Å²) in [6, 6.07) is 9.45. The molecule has 0 aromatic heterocycles. The van der Waals surface area contributed by atoms with E-state index in [0.717, 1.165) is 28.6 Å². The number of benzene rings is 1. The summed E-state index contributed by atoms with van der Waals surface area (Å²) >= 11 is 0. The zero-order chi connectivity index (χ0) is 24.6. The molecule has 0 unspecified atom stereocenters. The van der Waals surface area contributed by atoms with Gasteiger partial charge in [-0.15, -0.1) is 0 Å². The van der Waals surface area contributed by atoms with Crippen LogP contribution in [-0.4, -0.2) is 25.2 Å². The number of allylic oxidation sites excluding steroid dienone is 2. The lowest BCUT2D eigenvalue weighted by atomic mass is 9.75. The highest BCUT2D eigenvalue weighted by atomic mass is 16.6. The van der Waals surface area contributed by atoms with Crippen LogP contribution in [0.5, 0.6) is 0 Å². The van der Waals surface area contributed by atoms with Crippen molar-refractivity contribution in [3.05, 3.63) is 59.2 Å². The summed E-state index contributed by atoms with van der Waals surface area (Å²) < 4.78 is 5.87. The van der Waals surface area contributed by atoms with E-state index in [1.807, 2.05) is 71.9 Å². The first kappa shape index (κ1) is 28.9. The van der Waals surface area contributed by atoms with Gasteiger partial charge in [-0.2, -0.15) is 0 Å². The minimum Gasteiger partial charge on any atom is -0.454 e. The van der Waals surface area contributed by atoms with Crippen molar-refractivity contribution in [3.8, 4) is 0 Å². The Morgan fingerprint density at radius 2 is 1.35 bits per heavy atom. The van der Waals surface area contributed by atoms with Crippen LogP contribution in [0.25, 0.3) is 0 Å². The third-order valence-corrected chi connectivity index (χ3v) is 6.23. The number of rotatable bonds is 8. The average Bonchev–Trinajstić information content (AvgIpc) is 2.67. The first-order valence-corrected chi connectivity index (χ1v) is 10.9. The fourth-order valence-corrected chi connectivity index (χ4v) is 2.79. The smallest absolute Gasteiger partial charge is 0.319 e. The number of carbonyl (C=O) groups is 2. The average molecular weight is 424 g/mol. The van der Waals surface area contributed by atoms with Crippen LogP contribution in [0, 0.1) is 10.8 Å². The Morgan fingerprint density at radius 3 is 1.77 bits per heavy atom. The minimum atomic E-state index is -1.22. The topological polar surface area (TPSA) is 43.4 Å². The maximum atomic E-state index is 12.9. The van der Waals surface area contributed by atoms with Crippen LogP contribution < -0.4 is 0 Å². The monoisotopic (exact) mass is 424 g/mol. The van der Waals surface area contributed by atoms with Gasteiger partial charge in [0, 0.05) is 11.8 Å². The highest BCUT2D eigenvalue weighted by molar-refractivity contribution is 6.08. The molecular weight excluding hydrogens is 383 g/mol. The Bertz CT molecular complexity index is 799. The molecule has 0 aliphatic heterocycles. The summed E-state index contributed by atoms with van der Waals surface area (Å²) in [5, 5.41) is 0. The molecule has 0 aliphatic carbocycles. The van der Waals surface area contributed by atoms with Gasteiger partial charge in [-0.25, -0.2) is 0 Å². The van der Waals surface area contributed by atoms with Gasteiger partial charge in [0.05, 0.1) is 7.85 Å². The number of carbonyl (C=O) groups excluding carboxylic acids is 2. The zero-order valence-corrected chi connectivity index (χ0v) is 21.3. The SMILES string of the molecule is C=C(C)C(C)(C)/C(C)=C(/C)C(C)(C)OC(=O)C(C)(C)C(=O)Cc1ccccc1.[B]CC. The second kappa shape index (κ2) is 11.5. The van der Waals surface area contributed by atoms with Crippen molar-refractivity contribution in [1.82, 2.24) is 0 Å². The second-order valence-electron chi connectivity index (χ2n) is 9.67. The normalized spacial score (nSPS) is 12.8. The number of hydrogen-bond donors (Lipinski definition) is 0. The molecule has 170 valence electrons. The van der Waals surface area contributed by atoms with Crippen LogP contribution in [-0.2, 0) is 20.7 Å². The fourth-order valence-electron chi connectivity index (χ4n) is 2.79. The molecule has 0 aliphatic rings. The molecule has 0 saturated carbocycles. The maximum Gasteiger partial charge on any atom is 0.319 e. The summed E-state index contributed by atoms with van der Waals surface area (Å²) in [6.45, 7) is 23.3. The maximum absolute atomic E-state index is 12.9. The first-order chi connectivity index (χ1) is 14.0. The third kappa shape index (κ3) is 7.83. The van der Waals surface area contributed by atoms with E-state index >= 15 is 0 Å². The molecule has 31 heavy (non-hydrogen) atoms. The molecule has 0 atom stereocenters. The van der Waals surface area contributed by atoms with Gasteiger partial charge in [-0.1, -0.05) is 75.1 Å². The number of ketones is 1. The van der Waals surface area contributed by atoms with E-state index < -0.39 is 17.0 Å². The molecule has 0 N–H and O–H groups in total. The lowest BCUT2D eigenvalue weighted by Crippen LogP contribution is -2.42. The predicted octanol–water partition coefficient (Wildman–Crippen LogP) is 6.68. The molecule has 1 rings (SSSR count). The third-order valence-electron chi connectivity index (χ3n) is 6.23. The molecule has 0 amide bonds. The molecule has 0 saturated heterocycles. The van der Waals surface area contributed by atoms with Crippen LogP contribution in [0.2, 0.25) is 6.32 Å². The number of esters is 1. The molecule has 2 radical (unpaired) electrons. The summed E-state index contributed by atoms with van der Waals surface area (Å²) in [5.41, 5.74) is 1.79. The van der Waals surface area contributed by atoms with Gasteiger partial charge < -0.3 is 4.74 Å². The summed E-state index contributed by atoms with van der Waals surface area (Å²) in [5.74, 6) is -0.654. The summed E-state index contributed by atoms with van der Waals surface area (Å²) in [6.07, 6.45) is 0.958. The van der Waals surface area contributed by atoms with Crippen LogP contribution in [0.15, 0.2) is 53.6 Å². The molecule has 1 aromatic carbocycles. The Kier molecular flexibility index (Phi) is 10.7. The minimum absolute atomic E-state index is 0.153. The number of ether oxygens (including phenoxy) is 1. The van der Waals surface area contributed by atoms with Crippen molar-refractivity contribution in [2.75, 3.05) is 0 Å². The van der Waals surface area contributed by atoms with E-state index in [0.29, 0.717) is 0 Å². The van der Waals surface area contributed by atoms with E-state index in [-0.39, 0.29) is 17.6 Å². The van der Waals surface area contributed by atoms with Gasteiger partial charge >= 0.3 is 5.97 Å². The lowest BCUT2D eigenvalue weighted by molar-refractivity contribution is -0.166. The van der Waals surface area contributed by atoms with Gasteiger partial charge in [0.15, 0.2) is 5.78 Å². The highest BCUT2D eigenvalue weighted by Crippen LogP contribution is 2.39. The van der Waals surface area contributed by atoms with Crippen molar-refractivity contribution in [2.24, 2.45) is 10.8 Å². The molecule has 3 nitrogen and oxygen atoms in total. The summed E-state index contributed by atoms with van der Waals surface area (Å²) in [7, 11) is 4.85. The fraction of sp³-hybridized carbons (Fsp3) is 0.556. The number of hydrogen-bond acceptors (Lipinski definition) is 3. The van der Waals surface area contributed by atoms with Gasteiger partial charge in [-0.3, -0.25) is 9.59 Å². The second-order valence-corrected chi connectivity index (χ2v) is 9.67. The molecule has 0 bridgehead atoms. The number of Topliss-reactive ketones (excluding diaryl/α,β-unsaturated/α-hetero) is 1. The van der Waals surface area contributed by atoms with Crippen LogP contribution in [0.4, 0.5) is 0 Å². The van der Waals surface area contributed by atoms with Gasteiger partial charge in [0.25, 0.3) is 0 Å². The Hall–Kier alpha value is -2.10. The quantitative estimate of drug-likeness (QED) is 0.202. The van der Waals surface area contributed by atoms with Crippen molar-refractivity contribution in [3.63, 3.8) is 0 Å². The van der Waals surface area contributed by atoms with E-state index in [2.05, 4.69) is 20.4 Å². The first-order valence-electron chi connectivity index (χ1n) is 10.9. The molecule has 0 fully saturated rings. The van der Waals surface area contributed by atoms with Gasteiger partial charge in [0.1, 0.15) is 11.0 Å². The predicted molar refractivity (Wildman–Crippen MR) is 132 cm³/mol. The molecule has 0 spiro atoms. The Morgan fingerprint density at radius 1 is 0.903 bits per heavy atom. The van der Waals surface area contributed by atoms with Crippen LogP contribution >= 0.6 is 0 Å². The molecular formula is C27H41BO3. The van der Waals surface area contributed by atoms with Crippen molar-refractivity contribution in [2.45, 2.75) is 87.6 Å². The van der Waals surface area contributed by atoms with Gasteiger partial charge in [-0.05, 0) is 59.6 Å². The van der Waals surface area contributed by atoms with Crippen LogP contribution in [0.1, 0.15) is 74.8 Å². The zero-order valence-electron chi connectivity index (χ0n) is 21.3. The van der Waals surface area contributed by atoms with E-state index in [9.17, 15) is 9.59 Å². The van der Waals surface area contributed by atoms with E-state index in [1.54, 1.807) is 13.8 Å². The van der Waals surface area contributed by atoms with Gasteiger partial charge in [0.2, 0.25) is 0 Å². The highest BCUT2D eigenvalue weighted by Gasteiger charge is 2.41. The molecule has 1 aromatic rings. The van der Waals surface area contributed by atoms with E-state index in [4.69, 9.17) is 12.6 Å². The Balaban J connectivity index is 0.00000282. The van der Waals surface area contributed by atoms with Crippen LogP contribution in [0.3, 0.4) is 0 Å². The van der Waals surface area contributed by atoms with Crippen molar-refractivity contribution in [1.29, 1.82) is 0 Å². The standard InChI is InChI=1S/C25H36O3.C2H5B/c1-17(2)23(5,6)18(3)19(4)25(9,10)28-22(27)24(7,8)21(26)16-20-14-12-11-13-15-20;1-2-3/h11-15H,1,16H2,2-10H3;2H2,1H3/b19-18-;. The van der Waals surface area contributed by atoms with Crippen molar-refractivity contribution >= 4 is 19.6 Å². The lowest BCUT2D eigenvalue weighted by Gasteiger charge is -2.36. The summed E-state index contributed by atoms with van der Waals surface area (Å²) in [4.78, 5) is 25.7. The largest absolute Gasteiger partial charge is 0.454 e. The molecule has 0 heterocycles.